The minimum Gasteiger partial charge on any atom is -0.462 e. The summed E-state index contributed by atoms with van der Waals surface area (Å²) >= 11 is 18.0. The van der Waals surface area contributed by atoms with Gasteiger partial charge in [-0.3, -0.25) is 4.79 Å². The first-order chi connectivity index (χ1) is 12.5. The van der Waals surface area contributed by atoms with E-state index in [1.807, 2.05) is 6.92 Å². The van der Waals surface area contributed by atoms with E-state index in [-0.39, 0.29) is 11.0 Å². The summed E-state index contributed by atoms with van der Waals surface area (Å²) in [4.78, 5) is 17.3. The second kappa shape index (κ2) is 8.08. The summed E-state index contributed by atoms with van der Waals surface area (Å²) in [6.07, 6.45) is 0.793. The highest BCUT2D eigenvalue weighted by Crippen LogP contribution is 2.26. The van der Waals surface area contributed by atoms with Gasteiger partial charge in [-0.1, -0.05) is 53.9 Å². The first-order valence-electron chi connectivity index (χ1n) is 7.85. The van der Waals surface area contributed by atoms with Gasteiger partial charge in [0.1, 0.15) is 0 Å². The molecule has 8 heteroatoms. The molecule has 0 amide bonds. The average Bonchev–Trinajstić information content (AvgIpc) is 3.06. The van der Waals surface area contributed by atoms with Crippen LogP contribution in [0.5, 0.6) is 6.01 Å². The van der Waals surface area contributed by atoms with E-state index in [1.165, 1.54) is 10.7 Å². The van der Waals surface area contributed by atoms with Crippen LogP contribution in [0.25, 0.3) is 11.4 Å². The molecule has 1 aromatic heterocycles. The van der Waals surface area contributed by atoms with Crippen molar-refractivity contribution in [3.63, 3.8) is 0 Å². The van der Waals surface area contributed by atoms with Crippen LogP contribution in [-0.2, 0) is 0 Å². The predicted octanol–water partition coefficient (Wildman–Crippen LogP) is 5.38. The fourth-order valence-electron chi connectivity index (χ4n) is 2.26. The number of aromatic nitrogens is 3. The molecule has 1 heterocycles. The van der Waals surface area contributed by atoms with Gasteiger partial charge in [-0.2, -0.15) is 9.67 Å². The first kappa shape index (κ1) is 18.7. The zero-order valence-corrected chi connectivity index (χ0v) is 16.0. The number of carbonyl (C=O) groups excluding carboxylic acids is 1. The molecule has 0 saturated carbocycles. The Morgan fingerprint density at radius 1 is 1.12 bits per heavy atom. The van der Waals surface area contributed by atoms with Gasteiger partial charge in [-0.15, -0.1) is 5.10 Å². The monoisotopic (exact) mass is 409 g/mol. The van der Waals surface area contributed by atoms with Gasteiger partial charge in [0.2, 0.25) is 0 Å². The van der Waals surface area contributed by atoms with Gasteiger partial charge in [0.05, 0.1) is 16.7 Å². The van der Waals surface area contributed by atoms with Gasteiger partial charge in [0.25, 0.3) is 5.91 Å². The van der Waals surface area contributed by atoms with Crippen molar-refractivity contribution in [2.45, 2.75) is 13.3 Å². The van der Waals surface area contributed by atoms with Gasteiger partial charge in [0.15, 0.2) is 5.82 Å². The molecule has 0 saturated heterocycles. The van der Waals surface area contributed by atoms with Crippen molar-refractivity contribution in [1.82, 2.24) is 14.8 Å². The summed E-state index contributed by atoms with van der Waals surface area (Å²) < 4.78 is 6.66. The van der Waals surface area contributed by atoms with Crippen molar-refractivity contribution in [3.8, 4) is 17.4 Å². The molecule has 0 fully saturated rings. The van der Waals surface area contributed by atoms with Crippen molar-refractivity contribution < 1.29 is 9.53 Å². The number of nitrogens with zero attached hydrogens (tertiary/aromatic N) is 3. The second-order valence-electron chi connectivity index (χ2n) is 5.42. The maximum Gasteiger partial charge on any atom is 0.336 e. The highest BCUT2D eigenvalue weighted by Gasteiger charge is 2.20. The molecule has 0 unspecified atom stereocenters. The minimum atomic E-state index is -0.405. The molecule has 0 spiro atoms. The molecule has 0 bridgehead atoms. The number of rotatable bonds is 5. The smallest absolute Gasteiger partial charge is 0.336 e. The van der Waals surface area contributed by atoms with E-state index < -0.39 is 5.91 Å². The largest absolute Gasteiger partial charge is 0.462 e. The molecule has 0 atom stereocenters. The third-order valence-corrected chi connectivity index (χ3v) is 4.44. The lowest BCUT2D eigenvalue weighted by Crippen LogP contribution is -2.15. The van der Waals surface area contributed by atoms with E-state index in [9.17, 15) is 4.79 Å². The summed E-state index contributed by atoms with van der Waals surface area (Å²) in [5.41, 5.74) is 0.972. The van der Waals surface area contributed by atoms with Gasteiger partial charge in [0, 0.05) is 16.1 Å². The van der Waals surface area contributed by atoms with E-state index in [0.29, 0.717) is 33.6 Å². The second-order valence-corrected chi connectivity index (χ2v) is 6.67. The average molecular weight is 411 g/mol. The normalized spacial score (nSPS) is 10.8. The molecule has 2 aromatic carbocycles. The molecule has 134 valence electrons. The SMILES string of the molecule is CCCOc1nc(-c2cccc(Cl)c2)n(C(=O)c2ccc(Cl)c(Cl)c2)n1. The van der Waals surface area contributed by atoms with Crippen LogP contribution in [0.15, 0.2) is 42.5 Å². The number of benzene rings is 2. The molecule has 26 heavy (non-hydrogen) atoms. The Morgan fingerprint density at radius 3 is 2.62 bits per heavy atom. The number of ether oxygens (including phenoxy) is 1. The topological polar surface area (TPSA) is 57.0 Å². The van der Waals surface area contributed by atoms with Gasteiger partial charge >= 0.3 is 6.01 Å². The molecule has 3 rings (SSSR count). The summed E-state index contributed by atoms with van der Waals surface area (Å²) in [5, 5.41) is 5.37. The Hall–Kier alpha value is -2.08. The van der Waals surface area contributed by atoms with Crippen LogP contribution in [-0.4, -0.2) is 27.3 Å². The maximum absolute atomic E-state index is 12.9. The van der Waals surface area contributed by atoms with Crippen LogP contribution >= 0.6 is 34.8 Å². The van der Waals surface area contributed by atoms with E-state index in [2.05, 4.69) is 10.1 Å². The fraction of sp³-hybridized carbons (Fsp3) is 0.167. The third-order valence-electron chi connectivity index (χ3n) is 3.46. The number of hydrogen-bond acceptors (Lipinski definition) is 4. The van der Waals surface area contributed by atoms with Crippen LogP contribution < -0.4 is 4.74 Å². The Balaban J connectivity index is 2.07. The maximum atomic E-state index is 12.9. The van der Waals surface area contributed by atoms with Crippen LogP contribution in [0, 0.1) is 0 Å². The van der Waals surface area contributed by atoms with Gasteiger partial charge < -0.3 is 4.74 Å². The highest BCUT2D eigenvalue weighted by atomic mass is 35.5. The van der Waals surface area contributed by atoms with Crippen molar-refractivity contribution in [1.29, 1.82) is 0 Å². The first-order valence-corrected chi connectivity index (χ1v) is 8.98. The van der Waals surface area contributed by atoms with E-state index >= 15 is 0 Å². The molecule has 0 N–H and O–H groups in total. The van der Waals surface area contributed by atoms with E-state index in [0.717, 1.165) is 6.42 Å². The quantitative estimate of drug-likeness (QED) is 0.566. The summed E-state index contributed by atoms with van der Waals surface area (Å²) in [5.74, 6) is -0.0768. The summed E-state index contributed by atoms with van der Waals surface area (Å²) in [7, 11) is 0. The predicted molar refractivity (Wildman–Crippen MR) is 102 cm³/mol. The molecule has 0 aliphatic rings. The Kier molecular flexibility index (Phi) is 5.81. The van der Waals surface area contributed by atoms with Crippen LogP contribution in [0.1, 0.15) is 23.7 Å². The molecular weight excluding hydrogens is 397 g/mol. The Bertz CT molecular complexity index is 957. The zero-order chi connectivity index (χ0) is 18.7. The standard InChI is InChI=1S/C18H14Cl3N3O2/c1-2-8-26-18-22-16(11-4-3-5-13(19)9-11)24(23-18)17(25)12-6-7-14(20)15(21)10-12/h3-7,9-10H,2,8H2,1H3. The summed E-state index contributed by atoms with van der Waals surface area (Å²) in [6, 6.07) is 11.7. The van der Waals surface area contributed by atoms with Crippen LogP contribution in [0.4, 0.5) is 0 Å². The van der Waals surface area contributed by atoms with Crippen molar-refractivity contribution in [3.05, 3.63) is 63.1 Å². The molecule has 0 aliphatic carbocycles. The lowest BCUT2D eigenvalue weighted by atomic mass is 10.2. The lowest BCUT2D eigenvalue weighted by molar-refractivity contribution is 0.0944. The zero-order valence-electron chi connectivity index (χ0n) is 13.7. The number of hydrogen-bond donors (Lipinski definition) is 0. The fourth-order valence-corrected chi connectivity index (χ4v) is 2.74. The third kappa shape index (κ3) is 4.01. The Labute approximate surface area is 165 Å². The molecule has 5 nitrogen and oxygen atoms in total. The Morgan fingerprint density at radius 2 is 1.92 bits per heavy atom. The number of halogens is 3. The molecule has 0 radical (unpaired) electrons. The molecular formula is C18H14Cl3N3O2. The molecule has 3 aromatic rings. The van der Waals surface area contributed by atoms with Crippen LogP contribution in [0.2, 0.25) is 15.1 Å². The highest BCUT2D eigenvalue weighted by molar-refractivity contribution is 6.42. The van der Waals surface area contributed by atoms with Crippen molar-refractivity contribution >= 4 is 40.7 Å². The minimum absolute atomic E-state index is 0.121. The van der Waals surface area contributed by atoms with E-state index in [1.54, 1.807) is 36.4 Å². The van der Waals surface area contributed by atoms with Crippen LogP contribution in [0.3, 0.4) is 0 Å². The number of carbonyl (C=O) groups is 1. The van der Waals surface area contributed by atoms with Gasteiger partial charge in [-0.05, 0) is 36.8 Å². The lowest BCUT2D eigenvalue weighted by Gasteiger charge is -2.06. The van der Waals surface area contributed by atoms with E-state index in [4.69, 9.17) is 39.5 Å². The van der Waals surface area contributed by atoms with Gasteiger partial charge in [-0.25, -0.2) is 0 Å². The van der Waals surface area contributed by atoms with Crippen molar-refractivity contribution in [2.24, 2.45) is 0 Å². The summed E-state index contributed by atoms with van der Waals surface area (Å²) in [6.45, 7) is 2.41. The van der Waals surface area contributed by atoms with Crippen molar-refractivity contribution in [2.75, 3.05) is 6.61 Å². The molecule has 0 aliphatic heterocycles.